The van der Waals surface area contributed by atoms with Crippen molar-refractivity contribution in [2.45, 2.75) is 9.79 Å². The van der Waals surface area contributed by atoms with Crippen LogP contribution in [-0.4, -0.2) is 12.2 Å². The van der Waals surface area contributed by atoms with Crippen LogP contribution in [0.1, 0.15) is 0 Å². The van der Waals surface area contributed by atoms with Crippen LogP contribution in [0.15, 0.2) is 52.3 Å². The van der Waals surface area contributed by atoms with Gasteiger partial charge in [-0.3, -0.25) is 0 Å². The smallest absolute Gasteiger partial charge is 0.130 e. The van der Waals surface area contributed by atoms with Crippen molar-refractivity contribution in [3.63, 3.8) is 0 Å². The zero-order valence-electron chi connectivity index (χ0n) is 9.18. The normalized spacial score (nSPS) is 10.2. The minimum atomic E-state index is 0.323. The summed E-state index contributed by atoms with van der Waals surface area (Å²) in [6.07, 6.45) is 0. The summed E-state index contributed by atoms with van der Waals surface area (Å²) in [5.74, 6) is 1.17. The van der Waals surface area contributed by atoms with Crippen LogP contribution in [0.25, 0.3) is 0 Å². The van der Waals surface area contributed by atoms with Crippen molar-refractivity contribution in [1.82, 2.24) is 0 Å². The van der Waals surface area contributed by atoms with Gasteiger partial charge in [0.15, 0.2) is 0 Å². The SMILES string of the molecule is COc1ccc(Sc2ccc(I)c(O)c2)cc1. The molecule has 0 aliphatic heterocycles. The molecule has 0 radical (unpaired) electrons. The topological polar surface area (TPSA) is 29.5 Å². The van der Waals surface area contributed by atoms with E-state index in [4.69, 9.17) is 4.74 Å². The van der Waals surface area contributed by atoms with E-state index in [0.717, 1.165) is 19.1 Å². The number of phenols is 1. The van der Waals surface area contributed by atoms with Gasteiger partial charge in [-0.25, -0.2) is 0 Å². The second-order valence-corrected chi connectivity index (χ2v) is 5.70. The molecule has 4 heteroatoms. The van der Waals surface area contributed by atoms with Crippen molar-refractivity contribution in [2.75, 3.05) is 7.11 Å². The third-order valence-electron chi connectivity index (χ3n) is 2.21. The Morgan fingerprint density at radius 1 is 1.06 bits per heavy atom. The first-order chi connectivity index (χ1) is 8.19. The fourth-order valence-corrected chi connectivity index (χ4v) is 2.52. The standard InChI is InChI=1S/C13H11IO2S/c1-16-9-2-4-10(5-3-9)17-11-6-7-12(14)13(15)8-11/h2-8,15H,1H3. The van der Waals surface area contributed by atoms with Gasteiger partial charge in [0.2, 0.25) is 0 Å². The zero-order valence-corrected chi connectivity index (χ0v) is 12.2. The van der Waals surface area contributed by atoms with Gasteiger partial charge in [0.1, 0.15) is 11.5 Å². The Bertz CT molecular complexity index is 511. The van der Waals surface area contributed by atoms with Gasteiger partial charge in [-0.15, -0.1) is 0 Å². The molecule has 2 rings (SSSR count). The number of hydrogen-bond acceptors (Lipinski definition) is 3. The van der Waals surface area contributed by atoms with Crippen LogP contribution in [-0.2, 0) is 0 Å². The first-order valence-electron chi connectivity index (χ1n) is 4.99. The Hall–Kier alpha value is -0.880. The van der Waals surface area contributed by atoms with Crippen LogP contribution in [0, 0.1) is 3.57 Å². The molecule has 0 aliphatic rings. The van der Waals surface area contributed by atoms with Crippen LogP contribution in [0.5, 0.6) is 11.5 Å². The molecule has 17 heavy (non-hydrogen) atoms. The summed E-state index contributed by atoms with van der Waals surface area (Å²) in [6, 6.07) is 13.5. The number of halogens is 1. The molecule has 88 valence electrons. The van der Waals surface area contributed by atoms with Crippen LogP contribution in [0.3, 0.4) is 0 Å². The molecule has 0 aromatic heterocycles. The molecule has 0 atom stereocenters. The molecule has 0 fully saturated rings. The van der Waals surface area contributed by atoms with Crippen LogP contribution in [0.4, 0.5) is 0 Å². The number of methoxy groups -OCH3 is 1. The van der Waals surface area contributed by atoms with Gasteiger partial charge in [-0.05, 0) is 65.1 Å². The molecule has 0 heterocycles. The summed E-state index contributed by atoms with van der Waals surface area (Å²) >= 11 is 3.72. The van der Waals surface area contributed by atoms with E-state index in [1.54, 1.807) is 24.9 Å². The maximum atomic E-state index is 9.62. The highest BCUT2D eigenvalue weighted by Gasteiger charge is 2.02. The Morgan fingerprint density at radius 3 is 2.29 bits per heavy atom. The minimum Gasteiger partial charge on any atom is -0.507 e. The predicted molar refractivity (Wildman–Crippen MR) is 77.9 cm³/mol. The van der Waals surface area contributed by atoms with E-state index in [0.29, 0.717) is 5.75 Å². The molecule has 2 aromatic carbocycles. The lowest BCUT2D eigenvalue weighted by Gasteiger charge is -2.04. The van der Waals surface area contributed by atoms with Gasteiger partial charge in [0.25, 0.3) is 0 Å². The second kappa shape index (κ2) is 5.64. The fraction of sp³-hybridized carbons (Fsp3) is 0.0769. The maximum Gasteiger partial charge on any atom is 0.130 e. The highest BCUT2D eigenvalue weighted by atomic mass is 127. The first kappa shape index (κ1) is 12.6. The molecule has 0 amide bonds. The van der Waals surface area contributed by atoms with Crippen molar-refractivity contribution in [3.8, 4) is 11.5 Å². The maximum absolute atomic E-state index is 9.62. The summed E-state index contributed by atoms with van der Waals surface area (Å²) in [5, 5.41) is 9.62. The van der Waals surface area contributed by atoms with E-state index >= 15 is 0 Å². The van der Waals surface area contributed by atoms with E-state index in [2.05, 4.69) is 22.6 Å². The van der Waals surface area contributed by atoms with E-state index < -0.39 is 0 Å². The molecule has 0 bridgehead atoms. The largest absolute Gasteiger partial charge is 0.507 e. The van der Waals surface area contributed by atoms with Crippen LogP contribution in [0.2, 0.25) is 0 Å². The molecule has 2 aromatic rings. The van der Waals surface area contributed by atoms with Crippen LogP contribution < -0.4 is 4.74 Å². The molecule has 0 spiro atoms. The summed E-state index contributed by atoms with van der Waals surface area (Å²) in [7, 11) is 1.65. The van der Waals surface area contributed by atoms with Gasteiger partial charge >= 0.3 is 0 Å². The Morgan fingerprint density at radius 2 is 1.71 bits per heavy atom. The number of ether oxygens (including phenoxy) is 1. The van der Waals surface area contributed by atoms with E-state index in [9.17, 15) is 5.11 Å². The number of phenolic OH excluding ortho intramolecular Hbond substituents is 1. The lowest BCUT2D eigenvalue weighted by Crippen LogP contribution is -1.81. The monoisotopic (exact) mass is 358 g/mol. The average molecular weight is 358 g/mol. The highest BCUT2D eigenvalue weighted by molar-refractivity contribution is 14.1. The predicted octanol–water partition coefficient (Wildman–Crippen LogP) is 4.16. The second-order valence-electron chi connectivity index (χ2n) is 3.39. The van der Waals surface area contributed by atoms with Gasteiger partial charge in [-0.1, -0.05) is 11.8 Å². The zero-order chi connectivity index (χ0) is 12.3. The lowest BCUT2D eigenvalue weighted by atomic mass is 10.3. The molecule has 2 nitrogen and oxygen atoms in total. The lowest BCUT2D eigenvalue weighted by molar-refractivity contribution is 0.414. The third-order valence-corrected chi connectivity index (χ3v) is 4.12. The summed E-state index contributed by atoms with van der Waals surface area (Å²) < 4.78 is 5.97. The van der Waals surface area contributed by atoms with Crippen molar-refractivity contribution in [3.05, 3.63) is 46.0 Å². The molecule has 1 N–H and O–H groups in total. The Balaban J connectivity index is 2.16. The first-order valence-corrected chi connectivity index (χ1v) is 6.89. The average Bonchev–Trinajstić information content (AvgIpc) is 2.35. The van der Waals surface area contributed by atoms with Crippen molar-refractivity contribution in [2.24, 2.45) is 0 Å². The van der Waals surface area contributed by atoms with Gasteiger partial charge in [-0.2, -0.15) is 0 Å². The highest BCUT2D eigenvalue weighted by Crippen LogP contribution is 2.32. The molecular formula is C13H11IO2S. The van der Waals surface area contributed by atoms with Crippen molar-refractivity contribution in [1.29, 1.82) is 0 Å². The van der Waals surface area contributed by atoms with Gasteiger partial charge in [0.05, 0.1) is 10.7 Å². The molecular weight excluding hydrogens is 347 g/mol. The van der Waals surface area contributed by atoms with Crippen LogP contribution >= 0.6 is 34.4 Å². The van der Waals surface area contributed by atoms with Gasteiger partial charge in [0, 0.05) is 9.79 Å². The van der Waals surface area contributed by atoms with Gasteiger partial charge < -0.3 is 9.84 Å². The molecule has 0 unspecified atom stereocenters. The third kappa shape index (κ3) is 3.29. The van der Waals surface area contributed by atoms with E-state index in [1.165, 1.54) is 0 Å². The summed E-state index contributed by atoms with van der Waals surface area (Å²) in [4.78, 5) is 2.14. The Labute approximate surface area is 118 Å². The Kier molecular flexibility index (Phi) is 4.17. The summed E-state index contributed by atoms with van der Waals surface area (Å²) in [5.41, 5.74) is 0. The van der Waals surface area contributed by atoms with Crippen molar-refractivity contribution >= 4 is 34.4 Å². The van der Waals surface area contributed by atoms with E-state index in [-0.39, 0.29) is 0 Å². The summed E-state index contributed by atoms with van der Waals surface area (Å²) in [6.45, 7) is 0. The number of benzene rings is 2. The number of aromatic hydroxyl groups is 1. The number of rotatable bonds is 3. The molecule has 0 aliphatic carbocycles. The van der Waals surface area contributed by atoms with Crippen molar-refractivity contribution < 1.29 is 9.84 Å². The molecule has 0 saturated carbocycles. The molecule has 0 saturated heterocycles. The number of hydrogen-bond donors (Lipinski definition) is 1. The van der Waals surface area contributed by atoms with E-state index in [1.807, 2.05) is 36.4 Å². The fourth-order valence-electron chi connectivity index (χ4n) is 1.34. The minimum absolute atomic E-state index is 0.323. The quantitative estimate of drug-likeness (QED) is 0.836.